The average Bonchev–Trinajstić information content (AvgIpc) is 2.68. The molecule has 1 aliphatic heterocycles. The van der Waals surface area contributed by atoms with Crippen molar-refractivity contribution in [2.75, 3.05) is 54.5 Å². The van der Waals surface area contributed by atoms with E-state index in [1.54, 1.807) is 40.4 Å². The number of carbonyl (C=O) groups is 2. The van der Waals surface area contributed by atoms with Crippen LogP contribution in [-0.2, 0) is 4.74 Å². The molecule has 1 saturated heterocycles. The van der Waals surface area contributed by atoms with Crippen LogP contribution in [0.25, 0.3) is 0 Å². The van der Waals surface area contributed by atoms with Crippen LogP contribution in [-0.4, -0.2) is 88.4 Å². The molecule has 2 unspecified atom stereocenters. The van der Waals surface area contributed by atoms with Crippen molar-refractivity contribution < 1.29 is 19.1 Å². The molecule has 0 radical (unpaired) electrons. The highest BCUT2D eigenvalue weighted by Crippen LogP contribution is 2.19. The van der Waals surface area contributed by atoms with Gasteiger partial charge in [0.2, 0.25) is 0 Å². The number of piperidine rings is 1. The summed E-state index contributed by atoms with van der Waals surface area (Å²) in [6.45, 7) is 2.85. The predicted molar refractivity (Wildman–Crippen MR) is 103 cm³/mol. The summed E-state index contributed by atoms with van der Waals surface area (Å²) < 4.78 is 10.9. The van der Waals surface area contributed by atoms with E-state index in [4.69, 9.17) is 9.47 Å². The molecular formula is C19H30N4O4. The molecule has 2 atom stereocenters. The second-order valence-corrected chi connectivity index (χ2v) is 6.77. The maximum atomic E-state index is 12.6. The number of benzene rings is 1. The van der Waals surface area contributed by atoms with E-state index in [1.807, 2.05) is 12.1 Å². The summed E-state index contributed by atoms with van der Waals surface area (Å²) in [6.07, 6.45) is 0.669. The normalized spacial score (nSPS) is 20.0. The van der Waals surface area contributed by atoms with Gasteiger partial charge < -0.3 is 25.0 Å². The zero-order valence-electron chi connectivity index (χ0n) is 16.5. The van der Waals surface area contributed by atoms with E-state index in [9.17, 15) is 9.59 Å². The number of hydrogen-bond acceptors (Lipinski definition) is 5. The molecule has 3 amide bonds. The van der Waals surface area contributed by atoms with E-state index in [2.05, 4.69) is 15.5 Å². The minimum atomic E-state index is -0.161. The third kappa shape index (κ3) is 5.83. The van der Waals surface area contributed by atoms with Crippen molar-refractivity contribution in [3.63, 3.8) is 0 Å². The van der Waals surface area contributed by atoms with Gasteiger partial charge in [-0.3, -0.25) is 9.69 Å². The van der Waals surface area contributed by atoms with Crippen LogP contribution in [0.4, 0.5) is 4.79 Å². The summed E-state index contributed by atoms with van der Waals surface area (Å²) in [5, 5.41) is 5.93. The number of hydrogen-bond donors (Lipinski definition) is 2. The maximum Gasteiger partial charge on any atom is 0.316 e. The monoisotopic (exact) mass is 378 g/mol. The molecule has 2 rings (SSSR count). The third-order valence-corrected chi connectivity index (χ3v) is 4.72. The molecule has 150 valence electrons. The van der Waals surface area contributed by atoms with E-state index in [0.29, 0.717) is 24.4 Å². The van der Waals surface area contributed by atoms with Crippen LogP contribution >= 0.6 is 0 Å². The minimum absolute atomic E-state index is 0.0694. The molecule has 0 aromatic heterocycles. The summed E-state index contributed by atoms with van der Waals surface area (Å²) >= 11 is 0. The molecule has 0 bridgehead atoms. The molecule has 1 aliphatic rings. The zero-order chi connectivity index (χ0) is 19.8. The Morgan fingerprint density at radius 1 is 1.26 bits per heavy atom. The third-order valence-electron chi connectivity index (χ3n) is 4.72. The van der Waals surface area contributed by atoms with Crippen molar-refractivity contribution in [3.8, 4) is 5.75 Å². The van der Waals surface area contributed by atoms with E-state index in [0.717, 1.165) is 19.5 Å². The van der Waals surface area contributed by atoms with Gasteiger partial charge in [-0.25, -0.2) is 4.79 Å². The van der Waals surface area contributed by atoms with Gasteiger partial charge in [-0.05, 0) is 18.6 Å². The second kappa shape index (κ2) is 10.1. The Labute approximate surface area is 160 Å². The van der Waals surface area contributed by atoms with Gasteiger partial charge in [0.25, 0.3) is 5.91 Å². The van der Waals surface area contributed by atoms with Crippen LogP contribution in [0.3, 0.4) is 0 Å². The second-order valence-electron chi connectivity index (χ2n) is 6.77. The number of ether oxygens (including phenoxy) is 2. The van der Waals surface area contributed by atoms with Crippen LogP contribution in [0.5, 0.6) is 5.75 Å². The Balaban J connectivity index is 1.87. The number of likely N-dealkylation sites (tertiary alicyclic amines) is 1. The molecular weight excluding hydrogens is 348 g/mol. The number of rotatable bonds is 7. The van der Waals surface area contributed by atoms with Crippen molar-refractivity contribution in [1.29, 1.82) is 0 Å². The topological polar surface area (TPSA) is 83.1 Å². The van der Waals surface area contributed by atoms with Gasteiger partial charge in [0.05, 0.1) is 24.8 Å². The Bertz CT molecular complexity index is 638. The predicted octanol–water partition coefficient (Wildman–Crippen LogP) is 0.786. The lowest BCUT2D eigenvalue weighted by atomic mass is 10.0. The number of urea groups is 1. The van der Waals surface area contributed by atoms with Gasteiger partial charge in [-0.1, -0.05) is 12.1 Å². The number of methoxy groups -OCH3 is 2. The van der Waals surface area contributed by atoms with Crippen molar-refractivity contribution in [2.24, 2.45) is 0 Å². The maximum absolute atomic E-state index is 12.6. The molecule has 1 fully saturated rings. The van der Waals surface area contributed by atoms with Gasteiger partial charge in [-0.2, -0.15) is 0 Å². The lowest BCUT2D eigenvalue weighted by Gasteiger charge is -2.38. The summed E-state index contributed by atoms with van der Waals surface area (Å²) in [7, 11) is 6.64. The molecule has 0 spiro atoms. The van der Waals surface area contributed by atoms with E-state index in [1.165, 1.54) is 4.90 Å². The first-order chi connectivity index (χ1) is 13.0. The number of para-hydroxylation sites is 1. The fraction of sp³-hybridized carbons (Fsp3) is 0.579. The standard InChI is InChI=1S/C19H30N4O4/c1-22(2)19(25)20-10-12-23-11-9-15(17(13-23)27-4)21-18(24)14-7-5-6-8-16(14)26-3/h5-8,15,17H,9-13H2,1-4H3,(H,20,25)(H,21,24). The Morgan fingerprint density at radius 3 is 2.67 bits per heavy atom. The Morgan fingerprint density at radius 2 is 2.00 bits per heavy atom. The summed E-state index contributed by atoms with van der Waals surface area (Å²) in [6, 6.07) is 7.00. The summed E-state index contributed by atoms with van der Waals surface area (Å²) in [5.41, 5.74) is 0.517. The molecule has 1 aromatic carbocycles. The van der Waals surface area contributed by atoms with Crippen LogP contribution in [0.1, 0.15) is 16.8 Å². The molecule has 1 aromatic rings. The highest BCUT2D eigenvalue weighted by molar-refractivity contribution is 5.97. The number of amides is 3. The molecule has 0 aliphatic carbocycles. The van der Waals surface area contributed by atoms with Crippen LogP contribution in [0.2, 0.25) is 0 Å². The van der Waals surface area contributed by atoms with Gasteiger partial charge in [-0.15, -0.1) is 0 Å². The Kier molecular flexibility index (Phi) is 7.87. The van der Waals surface area contributed by atoms with Crippen LogP contribution in [0, 0.1) is 0 Å². The van der Waals surface area contributed by atoms with Crippen LogP contribution in [0.15, 0.2) is 24.3 Å². The largest absolute Gasteiger partial charge is 0.496 e. The van der Waals surface area contributed by atoms with Crippen molar-refractivity contribution in [2.45, 2.75) is 18.6 Å². The van der Waals surface area contributed by atoms with Gasteiger partial charge in [0.1, 0.15) is 5.75 Å². The summed E-state index contributed by atoms with van der Waals surface area (Å²) in [5.74, 6) is 0.393. The molecule has 8 heteroatoms. The molecule has 8 nitrogen and oxygen atoms in total. The lowest BCUT2D eigenvalue weighted by molar-refractivity contribution is 0.00691. The highest BCUT2D eigenvalue weighted by atomic mass is 16.5. The fourth-order valence-electron chi connectivity index (χ4n) is 3.14. The smallest absolute Gasteiger partial charge is 0.316 e. The summed E-state index contributed by atoms with van der Waals surface area (Å²) in [4.78, 5) is 28.0. The average molecular weight is 378 g/mol. The highest BCUT2D eigenvalue weighted by Gasteiger charge is 2.31. The van der Waals surface area contributed by atoms with Gasteiger partial charge in [0.15, 0.2) is 0 Å². The fourth-order valence-corrected chi connectivity index (χ4v) is 3.14. The molecule has 1 heterocycles. The molecule has 27 heavy (non-hydrogen) atoms. The molecule has 0 saturated carbocycles. The van der Waals surface area contributed by atoms with Crippen molar-refractivity contribution in [1.82, 2.24) is 20.4 Å². The lowest BCUT2D eigenvalue weighted by Crippen LogP contribution is -2.55. The SMILES string of the molecule is COc1ccccc1C(=O)NC1CCN(CCNC(=O)N(C)C)CC1OC. The zero-order valence-corrected chi connectivity index (χ0v) is 16.5. The van der Waals surface area contributed by atoms with Crippen LogP contribution < -0.4 is 15.4 Å². The van der Waals surface area contributed by atoms with Crippen molar-refractivity contribution in [3.05, 3.63) is 29.8 Å². The Hall–Kier alpha value is -2.32. The minimum Gasteiger partial charge on any atom is -0.496 e. The van der Waals surface area contributed by atoms with Gasteiger partial charge >= 0.3 is 6.03 Å². The number of carbonyl (C=O) groups excluding carboxylic acids is 2. The number of nitrogens with one attached hydrogen (secondary N) is 2. The quantitative estimate of drug-likeness (QED) is 0.733. The first-order valence-corrected chi connectivity index (χ1v) is 9.10. The van der Waals surface area contributed by atoms with Crippen molar-refractivity contribution >= 4 is 11.9 Å². The first kappa shape index (κ1) is 21.0. The van der Waals surface area contributed by atoms with E-state index < -0.39 is 0 Å². The molecule has 2 N–H and O–H groups in total. The number of nitrogens with zero attached hydrogens (tertiary/aromatic N) is 2. The first-order valence-electron chi connectivity index (χ1n) is 9.10. The van der Waals surface area contributed by atoms with E-state index in [-0.39, 0.29) is 24.1 Å². The van der Waals surface area contributed by atoms with E-state index >= 15 is 0 Å². The van der Waals surface area contributed by atoms with Gasteiger partial charge in [0, 0.05) is 47.4 Å².